The molecular weight excluding hydrogens is 278 g/mol. The molecule has 0 spiro atoms. The van der Waals surface area contributed by atoms with Gasteiger partial charge < -0.3 is 15.5 Å². The number of imidazole rings is 1. The van der Waals surface area contributed by atoms with Crippen LogP contribution in [0.1, 0.15) is 0 Å². The van der Waals surface area contributed by atoms with E-state index >= 15 is 0 Å². The molecule has 0 atom stereocenters. The smallest absolute Gasteiger partial charge is 0.342 e. The molecule has 0 bridgehead atoms. The van der Waals surface area contributed by atoms with Gasteiger partial charge in [-0.25, -0.2) is 30.0 Å². The van der Waals surface area contributed by atoms with E-state index in [0.29, 0.717) is 28.4 Å². The highest BCUT2D eigenvalue weighted by atomic mass is 16.6. The molecule has 0 amide bonds. The molecule has 0 fully saturated rings. The molecule has 0 aliphatic carbocycles. The van der Waals surface area contributed by atoms with E-state index in [1.165, 1.54) is 21.8 Å². The number of nitrogens with one attached hydrogen (secondary N) is 1. The summed E-state index contributed by atoms with van der Waals surface area (Å²) in [6, 6.07) is 0. The Labute approximate surface area is 117 Å². The fourth-order valence-corrected chi connectivity index (χ4v) is 2.14. The third-order valence-corrected chi connectivity index (χ3v) is 3.12. The molecule has 0 saturated heterocycles. The number of anilines is 1. The van der Waals surface area contributed by atoms with Gasteiger partial charge in [0.15, 0.2) is 17.2 Å². The standard InChI is InChI=1S/C10H11N9O2/c1-17-5(19(20)21)3-12-10(17)7-6-8(15-11)13-4-14-9(6)18(2)16-7/h3-4H,11H2,1-2H3,(H,13,14,15). The first-order valence-corrected chi connectivity index (χ1v) is 5.85. The molecule has 108 valence electrons. The van der Waals surface area contributed by atoms with Crippen molar-refractivity contribution in [2.24, 2.45) is 19.9 Å². The maximum Gasteiger partial charge on any atom is 0.342 e. The first-order chi connectivity index (χ1) is 10.0. The average Bonchev–Trinajstić information content (AvgIpc) is 3.00. The van der Waals surface area contributed by atoms with E-state index in [1.807, 2.05) is 0 Å². The maximum absolute atomic E-state index is 10.9. The van der Waals surface area contributed by atoms with Crippen molar-refractivity contribution in [2.45, 2.75) is 0 Å². The number of hydrogen-bond donors (Lipinski definition) is 2. The summed E-state index contributed by atoms with van der Waals surface area (Å²) in [7, 11) is 3.25. The minimum absolute atomic E-state index is 0.136. The normalized spacial score (nSPS) is 11.0. The molecule has 0 aliphatic heterocycles. The van der Waals surface area contributed by atoms with Crippen LogP contribution < -0.4 is 11.3 Å². The quantitative estimate of drug-likeness (QED) is 0.388. The molecule has 11 heteroatoms. The number of aryl methyl sites for hydroxylation is 1. The van der Waals surface area contributed by atoms with Crippen LogP contribution in [-0.2, 0) is 14.1 Å². The van der Waals surface area contributed by atoms with Gasteiger partial charge in [0, 0.05) is 7.05 Å². The Bertz CT molecular complexity index is 850. The van der Waals surface area contributed by atoms with Gasteiger partial charge in [0.25, 0.3) is 0 Å². The molecule has 11 nitrogen and oxygen atoms in total. The van der Waals surface area contributed by atoms with Gasteiger partial charge in [-0.3, -0.25) is 0 Å². The van der Waals surface area contributed by atoms with Gasteiger partial charge in [0.2, 0.25) is 5.82 Å². The molecule has 21 heavy (non-hydrogen) atoms. The molecule has 0 saturated carbocycles. The van der Waals surface area contributed by atoms with Crippen molar-refractivity contribution in [3.05, 3.63) is 22.6 Å². The largest absolute Gasteiger partial charge is 0.358 e. The number of fused-ring (bicyclic) bond motifs is 1. The van der Waals surface area contributed by atoms with Crippen LogP contribution >= 0.6 is 0 Å². The lowest BCUT2D eigenvalue weighted by Gasteiger charge is -2.01. The third-order valence-electron chi connectivity index (χ3n) is 3.12. The summed E-state index contributed by atoms with van der Waals surface area (Å²) in [5.74, 6) is 6.02. The Morgan fingerprint density at radius 3 is 2.71 bits per heavy atom. The average molecular weight is 289 g/mol. The minimum Gasteiger partial charge on any atom is -0.358 e. The van der Waals surface area contributed by atoms with E-state index < -0.39 is 4.92 Å². The molecule has 0 radical (unpaired) electrons. The lowest BCUT2D eigenvalue weighted by Crippen LogP contribution is -2.09. The molecule has 0 aromatic carbocycles. The van der Waals surface area contributed by atoms with Crippen molar-refractivity contribution < 1.29 is 4.92 Å². The summed E-state index contributed by atoms with van der Waals surface area (Å²) in [5, 5.41) is 15.8. The molecule has 0 unspecified atom stereocenters. The molecule has 3 aromatic heterocycles. The van der Waals surface area contributed by atoms with Gasteiger partial charge in [-0.05, 0) is 4.92 Å². The number of rotatable bonds is 3. The van der Waals surface area contributed by atoms with E-state index in [0.717, 1.165) is 0 Å². The van der Waals surface area contributed by atoms with Crippen LogP contribution in [0, 0.1) is 10.1 Å². The van der Waals surface area contributed by atoms with Crippen molar-refractivity contribution in [1.82, 2.24) is 29.3 Å². The zero-order chi connectivity index (χ0) is 15.1. The summed E-state index contributed by atoms with van der Waals surface area (Å²) < 4.78 is 2.88. The Balaban J connectivity index is 2.33. The van der Waals surface area contributed by atoms with Gasteiger partial charge in [-0.1, -0.05) is 0 Å². The van der Waals surface area contributed by atoms with E-state index in [1.54, 1.807) is 14.1 Å². The first kappa shape index (κ1) is 12.9. The van der Waals surface area contributed by atoms with Crippen LogP contribution in [0.2, 0.25) is 0 Å². The van der Waals surface area contributed by atoms with Crippen LogP contribution in [0.4, 0.5) is 11.6 Å². The highest BCUT2D eigenvalue weighted by Gasteiger charge is 2.25. The lowest BCUT2D eigenvalue weighted by atomic mass is 10.2. The highest BCUT2D eigenvalue weighted by Crippen LogP contribution is 2.31. The Morgan fingerprint density at radius 2 is 2.10 bits per heavy atom. The number of nitrogens with two attached hydrogens (primary N) is 1. The van der Waals surface area contributed by atoms with Gasteiger partial charge in [0.05, 0.1) is 12.4 Å². The second-order valence-corrected chi connectivity index (χ2v) is 4.29. The number of nitrogens with zero attached hydrogens (tertiary/aromatic N) is 7. The van der Waals surface area contributed by atoms with Gasteiger partial charge >= 0.3 is 5.82 Å². The van der Waals surface area contributed by atoms with E-state index in [4.69, 9.17) is 5.84 Å². The zero-order valence-corrected chi connectivity index (χ0v) is 11.2. The fourth-order valence-electron chi connectivity index (χ4n) is 2.14. The van der Waals surface area contributed by atoms with Crippen molar-refractivity contribution in [3.8, 4) is 11.5 Å². The molecule has 3 heterocycles. The summed E-state index contributed by atoms with van der Waals surface area (Å²) in [4.78, 5) is 22.6. The zero-order valence-electron chi connectivity index (χ0n) is 11.2. The van der Waals surface area contributed by atoms with Crippen molar-refractivity contribution >= 4 is 22.7 Å². The van der Waals surface area contributed by atoms with E-state index in [9.17, 15) is 10.1 Å². The lowest BCUT2D eigenvalue weighted by molar-refractivity contribution is -0.391. The maximum atomic E-state index is 10.9. The van der Waals surface area contributed by atoms with Crippen LogP contribution in [0.3, 0.4) is 0 Å². The number of nitro groups is 1. The SMILES string of the molecule is Cn1c([N+](=O)[O-])cnc1-c1nn(C)c2ncnc(NN)c12. The van der Waals surface area contributed by atoms with Gasteiger partial charge in [-0.15, -0.1) is 0 Å². The van der Waals surface area contributed by atoms with E-state index in [-0.39, 0.29) is 5.82 Å². The number of nitrogen functional groups attached to an aromatic ring is 1. The Kier molecular flexibility index (Phi) is 2.76. The molecule has 3 aromatic rings. The number of aromatic nitrogens is 6. The van der Waals surface area contributed by atoms with Crippen molar-refractivity contribution in [2.75, 3.05) is 5.43 Å². The number of hydrazine groups is 1. The van der Waals surface area contributed by atoms with Crippen molar-refractivity contribution in [1.29, 1.82) is 0 Å². The number of hydrogen-bond acceptors (Lipinski definition) is 8. The van der Waals surface area contributed by atoms with Crippen LogP contribution in [0.5, 0.6) is 0 Å². The van der Waals surface area contributed by atoms with Gasteiger partial charge in [0.1, 0.15) is 12.5 Å². The van der Waals surface area contributed by atoms with Crippen molar-refractivity contribution in [3.63, 3.8) is 0 Å². The second kappa shape index (κ2) is 4.49. The molecule has 3 rings (SSSR count). The summed E-state index contributed by atoms with van der Waals surface area (Å²) in [5.41, 5.74) is 3.42. The predicted octanol–water partition coefficient (Wildman–Crippen LogP) is -0.0424. The minimum atomic E-state index is -0.514. The molecular formula is C10H11N9O2. The van der Waals surface area contributed by atoms with E-state index in [2.05, 4.69) is 25.5 Å². The first-order valence-electron chi connectivity index (χ1n) is 5.85. The highest BCUT2D eigenvalue weighted by molar-refractivity contribution is 5.97. The second-order valence-electron chi connectivity index (χ2n) is 4.29. The fraction of sp³-hybridized carbons (Fsp3) is 0.200. The summed E-state index contributed by atoms with van der Waals surface area (Å²) in [6.07, 6.45) is 2.53. The van der Waals surface area contributed by atoms with Crippen LogP contribution in [0.15, 0.2) is 12.5 Å². The Hall–Kier alpha value is -3.08. The topological polar surface area (TPSA) is 143 Å². The summed E-state index contributed by atoms with van der Waals surface area (Å²) in [6.45, 7) is 0. The molecule has 3 N–H and O–H groups in total. The molecule has 0 aliphatic rings. The Morgan fingerprint density at radius 1 is 1.33 bits per heavy atom. The monoisotopic (exact) mass is 289 g/mol. The van der Waals surface area contributed by atoms with Crippen LogP contribution in [0.25, 0.3) is 22.6 Å². The van der Waals surface area contributed by atoms with Crippen LogP contribution in [-0.4, -0.2) is 34.2 Å². The third kappa shape index (κ3) is 1.79. The predicted molar refractivity (Wildman–Crippen MR) is 73.0 cm³/mol. The van der Waals surface area contributed by atoms with Gasteiger partial charge in [-0.2, -0.15) is 5.10 Å². The summed E-state index contributed by atoms with van der Waals surface area (Å²) >= 11 is 0.